The number of guanidine groups is 1. The standard InChI is InChI=1S/C16H27N5/c1-4-17-16(18-5-2)19-12-14-9-8-13(3)20-15(14)21-10-6-7-11-21/h8-9H,4-7,10-12H2,1-3H3,(H2,17,18,19). The monoisotopic (exact) mass is 289 g/mol. The summed E-state index contributed by atoms with van der Waals surface area (Å²) < 4.78 is 0. The third-order valence-electron chi connectivity index (χ3n) is 3.60. The highest BCUT2D eigenvalue weighted by Gasteiger charge is 2.17. The molecule has 0 radical (unpaired) electrons. The van der Waals surface area contributed by atoms with Gasteiger partial charge in [-0.3, -0.25) is 0 Å². The Morgan fingerprint density at radius 2 is 1.86 bits per heavy atom. The number of rotatable bonds is 5. The molecule has 0 bridgehead atoms. The van der Waals surface area contributed by atoms with Crippen molar-refractivity contribution in [2.24, 2.45) is 4.99 Å². The summed E-state index contributed by atoms with van der Waals surface area (Å²) >= 11 is 0. The van der Waals surface area contributed by atoms with Gasteiger partial charge in [-0.1, -0.05) is 6.07 Å². The lowest BCUT2D eigenvalue weighted by Gasteiger charge is -2.20. The molecule has 5 nitrogen and oxygen atoms in total. The molecule has 2 rings (SSSR count). The Morgan fingerprint density at radius 3 is 2.48 bits per heavy atom. The van der Waals surface area contributed by atoms with Gasteiger partial charge in [-0.15, -0.1) is 0 Å². The van der Waals surface area contributed by atoms with E-state index < -0.39 is 0 Å². The fourth-order valence-corrected chi connectivity index (χ4v) is 2.57. The molecule has 116 valence electrons. The van der Waals surface area contributed by atoms with Crippen LogP contribution in [0.3, 0.4) is 0 Å². The fraction of sp³-hybridized carbons (Fsp3) is 0.625. The lowest BCUT2D eigenvalue weighted by molar-refractivity contribution is 0.834. The van der Waals surface area contributed by atoms with E-state index in [0.717, 1.165) is 43.7 Å². The first-order valence-electron chi connectivity index (χ1n) is 7.98. The van der Waals surface area contributed by atoms with Gasteiger partial charge in [0.25, 0.3) is 0 Å². The van der Waals surface area contributed by atoms with E-state index in [0.29, 0.717) is 6.54 Å². The molecule has 21 heavy (non-hydrogen) atoms. The van der Waals surface area contributed by atoms with Crippen LogP contribution in [0.5, 0.6) is 0 Å². The second-order valence-corrected chi connectivity index (χ2v) is 5.36. The molecule has 0 saturated carbocycles. The third-order valence-corrected chi connectivity index (χ3v) is 3.60. The van der Waals surface area contributed by atoms with Crippen LogP contribution in [0.2, 0.25) is 0 Å². The lowest BCUT2D eigenvalue weighted by atomic mass is 10.2. The molecule has 0 aliphatic carbocycles. The highest BCUT2D eigenvalue weighted by atomic mass is 15.2. The molecule has 1 aromatic rings. The van der Waals surface area contributed by atoms with Crippen LogP contribution < -0.4 is 15.5 Å². The molecule has 1 aliphatic rings. The van der Waals surface area contributed by atoms with Gasteiger partial charge in [0.15, 0.2) is 5.96 Å². The van der Waals surface area contributed by atoms with Crippen LogP contribution in [0.25, 0.3) is 0 Å². The summed E-state index contributed by atoms with van der Waals surface area (Å²) in [5.74, 6) is 1.98. The molecule has 0 amide bonds. The minimum absolute atomic E-state index is 0.661. The van der Waals surface area contributed by atoms with Crippen molar-refractivity contribution >= 4 is 11.8 Å². The van der Waals surface area contributed by atoms with E-state index in [1.807, 2.05) is 0 Å². The van der Waals surface area contributed by atoms with Crippen molar-refractivity contribution in [3.05, 3.63) is 23.4 Å². The molecule has 0 atom stereocenters. The summed E-state index contributed by atoms with van der Waals surface area (Å²) in [7, 11) is 0. The molecule has 2 heterocycles. The van der Waals surface area contributed by atoms with Crippen molar-refractivity contribution < 1.29 is 0 Å². The number of hydrogen-bond donors (Lipinski definition) is 2. The zero-order valence-electron chi connectivity index (χ0n) is 13.4. The van der Waals surface area contributed by atoms with E-state index >= 15 is 0 Å². The maximum atomic E-state index is 4.74. The normalized spacial score (nSPS) is 14.1. The van der Waals surface area contributed by atoms with Crippen molar-refractivity contribution in [1.29, 1.82) is 0 Å². The van der Waals surface area contributed by atoms with Crippen LogP contribution in [0.15, 0.2) is 17.1 Å². The van der Waals surface area contributed by atoms with Gasteiger partial charge >= 0.3 is 0 Å². The van der Waals surface area contributed by atoms with Crippen LogP contribution in [-0.4, -0.2) is 37.1 Å². The van der Waals surface area contributed by atoms with E-state index in [1.54, 1.807) is 0 Å². The van der Waals surface area contributed by atoms with Gasteiger partial charge in [-0.2, -0.15) is 0 Å². The molecule has 0 unspecified atom stereocenters. The smallest absolute Gasteiger partial charge is 0.191 e. The first-order chi connectivity index (χ1) is 10.2. The molecule has 1 saturated heterocycles. The summed E-state index contributed by atoms with van der Waals surface area (Å²) in [4.78, 5) is 11.8. The Bertz CT molecular complexity index is 470. The van der Waals surface area contributed by atoms with Crippen molar-refractivity contribution in [2.45, 2.75) is 40.2 Å². The van der Waals surface area contributed by atoms with Gasteiger partial charge in [0.2, 0.25) is 0 Å². The number of aryl methyl sites for hydroxylation is 1. The van der Waals surface area contributed by atoms with Crippen LogP contribution >= 0.6 is 0 Å². The Morgan fingerprint density at radius 1 is 1.19 bits per heavy atom. The number of hydrogen-bond acceptors (Lipinski definition) is 3. The number of aliphatic imine (C=N–C) groups is 1. The summed E-state index contributed by atoms with van der Waals surface area (Å²) in [5.41, 5.74) is 2.28. The molecule has 2 N–H and O–H groups in total. The van der Waals surface area contributed by atoms with E-state index in [-0.39, 0.29) is 0 Å². The fourth-order valence-electron chi connectivity index (χ4n) is 2.57. The number of anilines is 1. The van der Waals surface area contributed by atoms with Crippen LogP contribution in [0, 0.1) is 6.92 Å². The van der Waals surface area contributed by atoms with Crippen molar-refractivity contribution in [1.82, 2.24) is 15.6 Å². The van der Waals surface area contributed by atoms with E-state index in [1.165, 1.54) is 18.4 Å². The van der Waals surface area contributed by atoms with E-state index in [4.69, 9.17) is 4.98 Å². The van der Waals surface area contributed by atoms with Gasteiger partial charge < -0.3 is 15.5 Å². The van der Waals surface area contributed by atoms with Gasteiger partial charge in [-0.05, 0) is 39.7 Å². The average molecular weight is 289 g/mol. The molecule has 1 aromatic heterocycles. The zero-order valence-corrected chi connectivity index (χ0v) is 13.4. The molecular weight excluding hydrogens is 262 g/mol. The SMILES string of the molecule is CCNC(=NCc1ccc(C)nc1N1CCCC1)NCC. The highest BCUT2D eigenvalue weighted by molar-refractivity contribution is 5.79. The Hall–Kier alpha value is -1.78. The first-order valence-corrected chi connectivity index (χ1v) is 7.98. The van der Waals surface area contributed by atoms with Crippen LogP contribution in [0.1, 0.15) is 37.9 Å². The lowest BCUT2D eigenvalue weighted by Crippen LogP contribution is -2.37. The quantitative estimate of drug-likeness (QED) is 0.643. The van der Waals surface area contributed by atoms with Gasteiger partial charge in [0.1, 0.15) is 5.82 Å². The largest absolute Gasteiger partial charge is 0.357 e. The minimum Gasteiger partial charge on any atom is -0.357 e. The maximum Gasteiger partial charge on any atom is 0.191 e. The van der Waals surface area contributed by atoms with Gasteiger partial charge in [-0.25, -0.2) is 9.98 Å². The zero-order chi connectivity index (χ0) is 15.1. The molecule has 1 aliphatic heterocycles. The first kappa shape index (κ1) is 15.6. The Balaban J connectivity index is 2.16. The number of pyridine rings is 1. The molecule has 0 aromatic carbocycles. The summed E-state index contributed by atoms with van der Waals surface area (Å²) in [6.45, 7) is 10.8. The number of nitrogens with one attached hydrogen (secondary N) is 2. The summed E-state index contributed by atoms with van der Waals surface area (Å²) in [6.07, 6.45) is 2.52. The second-order valence-electron chi connectivity index (χ2n) is 5.36. The van der Waals surface area contributed by atoms with Gasteiger partial charge in [0, 0.05) is 37.4 Å². The predicted octanol–water partition coefficient (Wildman–Crippen LogP) is 2.07. The molecule has 1 fully saturated rings. The van der Waals surface area contributed by atoms with Crippen molar-refractivity contribution in [2.75, 3.05) is 31.1 Å². The van der Waals surface area contributed by atoms with Crippen molar-refractivity contribution in [3.8, 4) is 0 Å². The van der Waals surface area contributed by atoms with E-state index in [9.17, 15) is 0 Å². The average Bonchev–Trinajstić information content (AvgIpc) is 3.00. The summed E-state index contributed by atoms with van der Waals surface area (Å²) in [5, 5.41) is 6.52. The van der Waals surface area contributed by atoms with Crippen LogP contribution in [-0.2, 0) is 6.54 Å². The number of nitrogens with zero attached hydrogens (tertiary/aromatic N) is 3. The molecule has 0 spiro atoms. The molecular formula is C16H27N5. The Labute approximate surface area is 127 Å². The van der Waals surface area contributed by atoms with Crippen molar-refractivity contribution in [3.63, 3.8) is 0 Å². The maximum absolute atomic E-state index is 4.74. The predicted molar refractivity (Wildman–Crippen MR) is 88.9 cm³/mol. The summed E-state index contributed by atoms with van der Waals surface area (Å²) in [6, 6.07) is 4.24. The molecule has 5 heteroatoms. The van der Waals surface area contributed by atoms with Crippen LogP contribution in [0.4, 0.5) is 5.82 Å². The minimum atomic E-state index is 0.661. The topological polar surface area (TPSA) is 52.6 Å². The van der Waals surface area contributed by atoms with Gasteiger partial charge in [0.05, 0.1) is 6.54 Å². The second kappa shape index (κ2) is 7.86. The van der Waals surface area contributed by atoms with E-state index in [2.05, 4.69) is 53.4 Å². The highest BCUT2D eigenvalue weighted by Crippen LogP contribution is 2.23. The Kier molecular flexibility index (Phi) is 5.84. The number of aromatic nitrogens is 1. The third kappa shape index (κ3) is 4.34.